The average molecular weight is 452 g/mol. The predicted octanol–water partition coefficient (Wildman–Crippen LogP) is -0.981. The Labute approximate surface area is 181 Å². The van der Waals surface area contributed by atoms with Gasteiger partial charge in [-0.05, 0) is 17.7 Å². The number of aromatic hydroxyl groups is 3. The molecule has 0 bridgehead atoms. The van der Waals surface area contributed by atoms with Crippen molar-refractivity contribution in [3.8, 4) is 28.7 Å². The number of hydrogen-bond donors (Lipinski definition) is 8. The van der Waals surface area contributed by atoms with Crippen LogP contribution in [0.25, 0.3) is 0 Å². The van der Waals surface area contributed by atoms with Crippen LogP contribution < -0.4 is 9.47 Å². The maximum absolute atomic E-state index is 10.6. The molecule has 3 unspecified atom stereocenters. The van der Waals surface area contributed by atoms with E-state index in [-0.39, 0.29) is 35.2 Å². The van der Waals surface area contributed by atoms with E-state index < -0.39 is 49.5 Å². The Morgan fingerprint density at radius 1 is 0.906 bits per heavy atom. The second kappa shape index (κ2) is 8.62. The summed E-state index contributed by atoms with van der Waals surface area (Å²) in [6.07, 6.45) is -9.59. The lowest BCUT2D eigenvalue weighted by Gasteiger charge is -2.39. The minimum Gasteiger partial charge on any atom is -0.508 e. The Morgan fingerprint density at radius 2 is 1.66 bits per heavy atom. The number of rotatable bonds is 4. The summed E-state index contributed by atoms with van der Waals surface area (Å²) in [5.74, 6) is -0.759. The number of aliphatic hydroxyl groups excluding tert-OH is 5. The standard InChI is InChI=1S/C21H24O11/c22-7-16-17(27)18(28)19(29)21(32-16)31-15-3-8(1-2-11(15)24)20-13(26)6-10-12(25)4-9(23)5-14(10)30-20/h1-5,13,16-29H,6-7H2/t13-,16?,17+,18?,19?,20+,21+/m0/s1. The lowest BCUT2D eigenvalue weighted by atomic mass is 9.94. The van der Waals surface area contributed by atoms with E-state index >= 15 is 0 Å². The van der Waals surface area contributed by atoms with E-state index in [0.717, 1.165) is 6.07 Å². The van der Waals surface area contributed by atoms with E-state index in [9.17, 15) is 40.9 Å². The van der Waals surface area contributed by atoms with Gasteiger partial charge in [0.25, 0.3) is 0 Å². The summed E-state index contributed by atoms with van der Waals surface area (Å²) in [6, 6.07) is 6.51. The van der Waals surface area contributed by atoms with Crippen LogP contribution >= 0.6 is 0 Å². The third-order valence-electron chi connectivity index (χ3n) is 5.59. The van der Waals surface area contributed by atoms with Crippen molar-refractivity contribution in [3.05, 3.63) is 41.5 Å². The molecular formula is C21H24O11. The summed E-state index contributed by atoms with van der Waals surface area (Å²) in [5, 5.41) is 79.7. The third kappa shape index (κ3) is 4.01. The largest absolute Gasteiger partial charge is 0.508 e. The Hall–Kier alpha value is -2.80. The van der Waals surface area contributed by atoms with Gasteiger partial charge < -0.3 is 55.1 Å². The van der Waals surface area contributed by atoms with Crippen molar-refractivity contribution in [2.75, 3.05) is 6.61 Å². The highest BCUT2D eigenvalue weighted by Gasteiger charge is 2.45. The van der Waals surface area contributed by atoms with Crippen LogP contribution in [0.1, 0.15) is 17.2 Å². The molecule has 7 atom stereocenters. The Bertz CT molecular complexity index is 978. The van der Waals surface area contributed by atoms with E-state index in [1.807, 2.05) is 0 Å². The molecule has 8 N–H and O–H groups in total. The number of fused-ring (bicyclic) bond motifs is 1. The molecule has 174 valence electrons. The molecule has 4 rings (SSSR count). The molecule has 1 fully saturated rings. The zero-order valence-electron chi connectivity index (χ0n) is 16.6. The number of phenolic OH excluding ortho intramolecular Hbond substituents is 3. The Balaban J connectivity index is 1.59. The molecule has 0 saturated carbocycles. The lowest BCUT2D eigenvalue weighted by molar-refractivity contribution is -0.277. The van der Waals surface area contributed by atoms with Crippen LogP contribution in [0, 0.1) is 0 Å². The van der Waals surface area contributed by atoms with Crippen LogP contribution in [-0.2, 0) is 11.2 Å². The molecule has 2 heterocycles. The van der Waals surface area contributed by atoms with Gasteiger partial charge in [0.05, 0.1) is 12.7 Å². The van der Waals surface area contributed by atoms with E-state index in [4.69, 9.17) is 14.2 Å². The van der Waals surface area contributed by atoms with E-state index in [1.54, 1.807) is 0 Å². The summed E-state index contributed by atoms with van der Waals surface area (Å²) in [6.45, 7) is -0.641. The highest BCUT2D eigenvalue weighted by molar-refractivity contribution is 5.52. The molecule has 11 heteroatoms. The van der Waals surface area contributed by atoms with Crippen molar-refractivity contribution in [2.45, 2.75) is 49.3 Å². The maximum atomic E-state index is 10.6. The molecule has 1 saturated heterocycles. The fourth-order valence-electron chi connectivity index (χ4n) is 3.84. The first kappa shape index (κ1) is 22.4. The lowest BCUT2D eigenvalue weighted by Crippen LogP contribution is -2.60. The molecule has 2 aromatic carbocycles. The molecule has 0 spiro atoms. The Kier molecular flexibility index (Phi) is 6.03. The van der Waals surface area contributed by atoms with Crippen molar-refractivity contribution >= 4 is 0 Å². The molecule has 0 radical (unpaired) electrons. The fraction of sp³-hybridized carbons (Fsp3) is 0.429. The van der Waals surface area contributed by atoms with Gasteiger partial charge in [0.15, 0.2) is 11.5 Å². The van der Waals surface area contributed by atoms with Crippen molar-refractivity contribution in [1.82, 2.24) is 0 Å². The number of phenols is 3. The van der Waals surface area contributed by atoms with Gasteiger partial charge in [0, 0.05) is 24.1 Å². The van der Waals surface area contributed by atoms with Gasteiger partial charge in [0.2, 0.25) is 6.29 Å². The molecule has 0 amide bonds. The van der Waals surface area contributed by atoms with Crippen molar-refractivity contribution in [1.29, 1.82) is 0 Å². The molecule has 2 aliphatic rings. The second-order valence-electron chi connectivity index (χ2n) is 7.79. The SMILES string of the molecule is OCC1O[C@@H](Oc2cc([C@H]3Oc4cc(O)cc(O)c4C[C@@H]3O)ccc2O)C(O)C(O)[C@@H]1O. The monoisotopic (exact) mass is 452 g/mol. The molecular weight excluding hydrogens is 428 g/mol. The summed E-state index contributed by atoms with van der Waals surface area (Å²) < 4.78 is 16.6. The highest BCUT2D eigenvalue weighted by atomic mass is 16.7. The number of hydrogen-bond acceptors (Lipinski definition) is 11. The smallest absolute Gasteiger partial charge is 0.229 e. The third-order valence-corrected chi connectivity index (χ3v) is 5.59. The summed E-state index contributed by atoms with van der Waals surface area (Å²) in [4.78, 5) is 0. The first-order valence-corrected chi connectivity index (χ1v) is 9.89. The van der Waals surface area contributed by atoms with Crippen LogP contribution in [0.15, 0.2) is 30.3 Å². The van der Waals surface area contributed by atoms with E-state index in [0.29, 0.717) is 11.1 Å². The van der Waals surface area contributed by atoms with Gasteiger partial charge in [-0.15, -0.1) is 0 Å². The second-order valence-corrected chi connectivity index (χ2v) is 7.79. The molecule has 0 aromatic heterocycles. The number of aliphatic hydroxyl groups is 5. The molecule has 2 aromatic rings. The van der Waals surface area contributed by atoms with Crippen LogP contribution in [0.4, 0.5) is 0 Å². The molecule has 0 aliphatic carbocycles. The van der Waals surface area contributed by atoms with Gasteiger partial charge >= 0.3 is 0 Å². The van der Waals surface area contributed by atoms with Crippen LogP contribution in [0.3, 0.4) is 0 Å². The van der Waals surface area contributed by atoms with Crippen molar-refractivity contribution in [2.24, 2.45) is 0 Å². The van der Waals surface area contributed by atoms with E-state index in [1.165, 1.54) is 24.3 Å². The highest BCUT2D eigenvalue weighted by Crippen LogP contribution is 2.43. The van der Waals surface area contributed by atoms with Crippen molar-refractivity contribution < 1.29 is 55.1 Å². The normalized spacial score (nSPS) is 32.1. The van der Waals surface area contributed by atoms with Crippen LogP contribution in [-0.4, -0.2) is 84.3 Å². The van der Waals surface area contributed by atoms with Gasteiger partial charge in [-0.2, -0.15) is 0 Å². The van der Waals surface area contributed by atoms with Crippen LogP contribution in [0.2, 0.25) is 0 Å². The van der Waals surface area contributed by atoms with Gasteiger partial charge in [-0.1, -0.05) is 6.07 Å². The first-order chi connectivity index (χ1) is 15.2. The molecule has 2 aliphatic heterocycles. The maximum Gasteiger partial charge on any atom is 0.229 e. The Morgan fingerprint density at radius 3 is 2.38 bits per heavy atom. The summed E-state index contributed by atoms with van der Waals surface area (Å²) in [7, 11) is 0. The zero-order valence-corrected chi connectivity index (χ0v) is 16.6. The van der Waals surface area contributed by atoms with Gasteiger partial charge in [0.1, 0.15) is 47.8 Å². The minimum atomic E-state index is -1.68. The summed E-state index contributed by atoms with van der Waals surface area (Å²) >= 11 is 0. The topological polar surface area (TPSA) is 190 Å². The average Bonchev–Trinajstić information content (AvgIpc) is 2.75. The number of benzene rings is 2. The predicted molar refractivity (Wildman–Crippen MR) is 105 cm³/mol. The van der Waals surface area contributed by atoms with Crippen molar-refractivity contribution in [3.63, 3.8) is 0 Å². The molecule has 11 nitrogen and oxygen atoms in total. The number of ether oxygens (including phenoxy) is 3. The van der Waals surface area contributed by atoms with Crippen LogP contribution in [0.5, 0.6) is 28.7 Å². The van der Waals surface area contributed by atoms with Gasteiger partial charge in [-0.3, -0.25) is 0 Å². The van der Waals surface area contributed by atoms with Gasteiger partial charge in [-0.25, -0.2) is 0 Å². The quantitative estimate of drug-likeness (QED) is 0.285. The summed E-state index contributed by atoms with van der Waals surface area (Å²) in [5.41, 5.74) is 0.700. The first-order valence-electron chi connectivity index (χ1n) is 9.89. The fourth-order valence-corrected chi connectivity index (χ4v) is 3.84. The minimum absolute atomic E-state index is 0.0376. The zero-order chi connectivity index (χ0) is 23.2. The van der Waals surface area contributed by atoms with E-state index in [2.05, 4.69) is 0 Å². The molecule has 32 heavy (non-hydrogen) atoms.